The summed E-state index contributed by atoms with van der Waals surface area (Å²) in [5.41, 5.74) is 2.82. The van der Waals surface area contributed by atoms with Crippen molar-refractivity contribution in [2.45, 2.75) is 25.8 Å². The molecule has 3 rings (SSSR count). The van der Waals surface area contributed by atoms with Crippen molar-refractivity contribution >= 4 is 0 Å². The SMILES string of the molecule is COc1cccc(CC[C@@H]2CCN(Cc3ccccc3)C2)c1. The third-order valence-electron chi connectivity index (χ3n) is 4.59. The van der Waals surface area contributed by atoms with Gasteiger partial charge in [0.2, 0.25) is 0 Å². The van der Waals surface area contributed by atoms with Gasteiger partial charge >= 0.3 is 0 Å². The quantitative estimate of drug-likeness (QED) is 0.794. The molecule has 0 bridgehead atoms. The van der Waals surface area contributed by atoms with Crippen LogP contribution in [0.3, 0.4) is 0 Å². The summed E-state index contributed by atoms with van der Waals surface area (Å²) < 4.78 is 5.30. The first kappa shape index (κ1) is 15.1. The maximum absolute atomic E-state index is 5.30. The van der Waals surface area contributed by atoms with Gasteiger partial charge < -0.3 is 4.74 Å². The molecule has 0 amide bonds. The monoisotopic (exact) mass is 295 g/mol. The van der Waals surface area contributed by atoms with Crippen LogP contribution in [0.15, 0.2) is 54.6 Å². The molecule has 0 N–H and O–H groups in total. The number of methoxy groups -OCH3 is 1. The minimum atomic E-state index is 0.829. The fourth-order valence-corrected chi connectivity index (χ4v) is 3.33. The molecule has 1 fully saturated rings. The van der Waals surface area contributed by atoms with Crippen LogP contribution in [0.5, 0.6) is 5.75 Å². The van der Waals surface area contributed by atoms with Gasteiger partial charge in [-0.05, 0) is 55.0 Å². The van der Waals surface area contributed by atoms with Gasteiger partial charge in [0.1, 0.15) is 5.75 Å². The van der Waals surface area contributed by atoms with Crippen LogP contribution in [0.1, 0.15) is 24.0 Å². The minimum Gasteiger partial charge on any atom is -0.497 e. The van der Waals surface area contributed by atoms with Crippen LogP contribution in [0, 0.1) is 5.92 Å². The molecule has 2 aromatic rings. The Morgan fingerprint density at radius 3 is 2.68 bits per heavy atom. The lowest BCUT2D eigenvalue weighted by Gasteiger charge is -2.16. The van der Waals surface area contributed by atoms with Gasteiger partial charge in [0, 0.05) is 13.1 Å². The number of likely N-dealkylation sites (tertiary alicyclic amines) is 1. The summed E-state index contributed by atoms with van der Waals surface area (Å²) in [5.74, 6) is 1.80. The second kappa shape index (κ2) is 7.46. The zero-order chi connectivity index (χ0) is 15.2. The highest BCUT2D eigenvalue weighted by Gasteiger charge is 2.22. The maximum atomic E-state index is 5.30. The van der Waals surface area contributed by atoms with Crippen LogP contribution >= 0.6 is 0 Å². The highest BCUT2D eigenvalue weighted by Crippen LogP contribution is 2.24. The summed E-state index contributed by atoms with van der Waals surface area (Å²) in [4.78, 5) is 2.59. The molecular weight excluding hydrogens is 270 g/mol. The summed E-state index contributed by atoms with van der Waals surface area (Å²) in [5, 5.41) is 0. The van der Waals surface area contributed by atoms with Gasteiger partial charge in [-0.2, -0.15) is 0 Å². The normalized spacial score (nSPS) is 18.5. The Morgan fingerprint density at radius 1 is 1.05 bits per heavy atom. The van der Waals surface area contributed by atoms with E-state index in [2.05, 4.69) is 53.4 Å². The second-order valence-electron chi connectivity index (χ2n) is 6.27. The average molecular weight is 295 g/mol. The summed E-state index contributed by atoms with van der Waals surface area (Å²) in [6.45, 7) is 3.56. The number of aryl methyl sites for hydroxylation is 1. The lowest BCUT2D eigenvalue weighted by Crippen LogP contribution is -2.20. The van der Waals surface area contributed by atoms with Crippen LogP contribution in [-0.2, 0) is 13.0 Å². The van der Waals surface area contributed by atoms with E-state index in [1.54, 1.807) is 7.11 Å². The van der Waals surface area contributed by atoms with E-state index >= 15 is 0 Å². The van der Waals surface area contributed by atoms with Crippen LogP contribution in [0.2, 0.25) is 0 Å². The first-order valence-electron chi connectivity index (χ1n) is 8.22. The predicted octanol–water partition coefficient (Wildman–Crippen LogP) is 4.15. The molecule has 1 heterocycles. The molecule has 22 heavy (non-hydrogen) atoms. The lowest BCUT2D eigenvalue weighted by molar-refractivity contribution is 0.313. The molecule has 1 aliphatic heterocycles. The molecular formula is C20H25NO. The van der Waals surface area contributed by atoms with Crippen molar-refractivity contribution in [1.29, 1.82) is 0 Å². The lowest BCUT2D eigenvalue weighted by atomic mass is 9.99. The highest BCUT2D eigenvalue weighted by atomic mass is 16.5. The van der Waals surface area contributed by atoms with Crippen LogP contribution in [0.25, 0.3) is 0 Å². The van der Waals surface area contributed by atoms with Crippen molar-refractivity contribution in [3.05, 3.63) is 65.7 Å². The molecule has 0 radical (unpaired) electrons. The maximum Gasteiger partial charge on any atom is 0.119 e. The average Bonchev–Trinajstić information content (AvgIpc) is 3.01. The standard InChI is InChI=1S/C20H25NO/c1-22-20-9-5-8-17(14-20)10-11-19-12-13-21(16-19)15-18-6-3-2-4-7-18/h2-9,14,19H,10-13,15-16H2,1H3/t19-/m1/s1. The van der Waals surface area contributed by atoms with Gasteiger partial charge in [-0.15, -0.1) is 0 Å². The molecule has 116 valence electrons. The number of nitrogens with zero attached hydrogens (tertiary/aromatic N) is 1. The van der Waals surface area contributed by atoms with Crippen LogP contribution < -0.4 is 4.74 Å². The largest absolute Gasteiger partial charge is 0.497 e. The van der Waals surface area contributed by atoms with E-state index in [9.17, 15) is 0 Å². The fraction of sp³-hybridized carbons (Fsp3) is 0.400. The van der Waals surface area contributed by atoms with E-state index < -0.39 is 0 Å². The van der Waals surface area contributed by atoms with Gasteiger partial charge in [-0.1, -0.05) is 42.5 Å². The fourth-order valence-electron chi connectivity index (χ4n) is 3.33. The van der Waals surface area contributed by atoms with Crippen molar-refractivity contribution in [2.24, 2.45) is 5.92 Å². The Labute approximate surface area is 133 Å². The van der Waals surface area contributed by atoms with Crippen LogP contribution in [-0.4, -0.2) is 25.1 Å². The molecule has 0 aliphatic carbocycles. The predicted molar refractivity (Wildman–Crippen MR) is 91.1 cm³/mol. The van der Waals surface area contributed by atoms with E-state index in [0.29, 0.717) is 0 Å². The third-order valence-corrected chi connectivity index (χ3v) is 4.59. The molecule has 2 nitrogen and oxygen atoms in total. The number of ether oxygens (including phenoxy) is 1. The van der Waals surface area contributed by atoms with Gasteiger partial charge in [0.25, 0.3) is 0 Å². The van der Waals surface area contributed by atoms with Crippen molar-refractivity contribution in [1.82, 2.24) is 4.90 Å². The Kier molecular flexibility index (Phi) is 5.12. The highest BCUT2D eigenvalue weighted by molar-refractivity contribution is 5.28. The Bertz CT molecular complexity index is 581. The smallest absolute Gasteiger partial charge is 0.119 e. The molecule has 0 aromatic heterocycles. The Morgan fingerprint density at radius 2 is 1.86 bits per heavy atom. The summed E-state index contributed by atoms with van der Waals surface area (Å²) >= 11 is 0. The van der Waals surface area contributed by atoms with Gasteiger partial charge in [0.05, 0.1) is 7.11 Å². The van der Waals surface area contributed by atoms with Crippen molar-refractivity contribution in [3.8, 4) is 5.75 Å². The topological polar surface area (TPSA) is 12.5 Å². The first-order valence-corrected chi connectivity index (χ1v) is 8.22. The zero-order valence-corrected chi connectivity index (χ0v) is 13.4. The minimum absolute atomic E-state index is 0.829. The Balaban J connectivity index is 1.46. The first-order chi connectivity index (χ1) is 10.8. The number of hydrogen-bond donors (Lipinski definition) is 0. The van der Waals surface area contributed by atoms with E-state index in [0.717, 1.165) is 24.6 Å². The van der Waals surface area contributed by atoms with Crippen molar-refractivity contribution in [2.75, 3.05) is 20.2 Å². The molecule has 2 heteroatoms. The zero-order valence-electron chi connectivity index (χ0n) is 13.4. The molecule has 0 unspecified atom stereocenters. The van der Waals surface area contributed by atoms with Gasteiger partial charge in [-0.3, -0.25) is 4.90 Å². The van der Waals surface area contributed by atoms with Gasteiger partial charge in [-0.25, -0.2) is 0 Å². The van der Waals surface area contributed by atoms with Gasteiger partial charge in [0.15, 0.2) is 0 Å². The second-order valence-corrected chi connectivity index (χ2v) is 6.27. The summed E-state index contributed by atoms with van der Waals surface area (Å²) in [6, 6.07) is 19.3. The summed E-state index contributed by atoms with van der Waals surface area (Å²) in [7, 11) is 1.73. The molecule has 0 saturated carbocycles. The van der Waals surface area contributed by atoms with E-state index in [-0.39, 0.29) is 0 Å². The van der Waals surface area contributed by atoms with Crippen LogP contribution in [0.4, 0.5) is 0 Å². The molecule has 1 aliphatic rings. The van der Waals surface area contributed by atoms with E-state index in [1.165, 1.54) is 37.1 Å². The molecule has 2 aromatic carbocycles. The van der Waals surface area contributed by atoms with E-state index in [1.807, 2.05) is 6.07 Å². The molecule has 0 spiro atoms. The number of benzene rings is 2. The van der Waals surface area contributed by atoms with Crippen molar-refractivity contribution in [3.63, 3.8) is 0 Å². The summed E-state index contributed by atoms with van der Waals surface area (Å²) in [6.07, 6.45) is 3.76. The van der Waals surface area contributed by atoms with Crippen molar-refractivity contribution < 1.29 is 4.74 Å². The van der Waals surface area contributed by atoms with E-state index in [4.69, 9.17) is 4.74 Å². The third kappa shape index (κ3) is 4.11. The number of hydrogen-bond acceptors (Lipinski definition) is 2. The molecule has 1 saturated heterocycles. The molecule has 1 atom stereocenters. The number of rotatable bonds is 6. The Hall–Kier alpha value is -1.80.